The van der Waals surface area contributed by atoms with Gasteiger partial charge in [0.25, 0.3) is 0 Å². The van der Waals surface area contributed by atoms with E-state index in [1.54, 1.807) is 19.2 Å². The topological polar surface area (TPSA) is 45.0 Å². The number of halogens is 1. The Bertz CT molecular complexity index is 608. The van der Waals surface area contributed by atoms with E-state index >= 15 is 0 Å². The average Bonchev–Trinajstić information content (AvgIpc) is 2.48. The maximum Gasteiger partial charge on any atom is 0.137 e. The van der Waals surface area contributed by atoms with Crippen LogP contribution in [-0.4, -0.2) is 7.11 Å². The number of nitrogens with zero attached hydrogens (tertiary/aromatic N) is 1. The van der Waals surface area contributed by atoms with Gasteiger partial charge in [0, 0.05) is 5.69 Å². The van der Waals surface area contributed by atoms with Gasteiger partial charge in [0.15, 0.2) is 0 Å². The van der Waals surface area contributed by atoms with Crippen LogP contribution in [0.4, 0.5) is 5.69 Å². The van der Waals surface area contributed by atoms with Crippen molar-refractivity contribution in [2.75, 3.05) is 12.4 Å². The zero-order valence-electron chi connectivity index (χ0n) is 11.1. The number of hydrogen-bond donors (Lipinski definition) is 1. The molecular weight excluding hydrogens is 272 g/mol. The van der Waals surface area contributed by atoms with Crippen molar-refractivity contribution in [3.8, 4) is 11.8 Å². The molecule has 0 radical (unpaired) electrons. The summed E-state index contributed by atoms with van der Waals surface area (Å²) in [6, 6.07) is 17.5. The number of hydrogen-bond acceptors (Lipinski definition) is 3. The first kappa shape index (κ1) is 14.2. The van der Waals surface area contributed by atoms with Crippen LogP contribution in [-0.2, 0) is 0 Å². The molecule has 0 aliphatic heterocycles. The predicted molar refractivity (Wildman–Crippen MR) is 81.0 cm³/mol. The lowest BCUT2D eigenvalue weighted by molar-refractivity contribution is 0.415. The number of benzene rings is 2. The number of nitriles is 1. The SMILES string of the molecule is COc1ccc(NC(CC#N)c2ccccc2)cc1Cl. The molecule has 0 amide bonds. The number of anilines is 1. The van der Waals surface area contributed by atoms with Crippen LogP contribution < -0.4 is 10.1 Å². The van der Waals surface area contributed by atoms with Gasteiger partial charge in [-0.2, -0.15) is 5.26 Å². The molecular formula is C16H15ClN2O. The van der Waals surface area contributed by atoms with E-state index in [1.807, 2.05) is 36.4 Å². The highest BCUT2D eigenvalue weighted by Crippen LogP contribution is 2.30. The second-order valence-corrected chi connectivity index (χ2v) is 4.73. The molecule has 0 heterocycles. The zero-order valence-corrected chi connectivity index (χ0v) is 11.9. The second kappa shape index (κ2) is 6.83. The van der Waals surface area contributed by atoms with Crippen molar-refractivity contribution in [1.82, 2.24) is 0 Å². The van der Waals surface area contributed by atoms with Crippen LogP contribution >= 0.6 is 11.6 Å². The van der Waals surface area contributed by atoms with Gasteiger partial charge in [-0.25, -0.2) is 0 Å². The quantitative estimate of drug-likeness (QED) is 0.885. The average molecular weight is 287 g/mol. The minimum Gasteiger partial charge on any atom is -0.495 e. The van der Waals surface area contributed by atoms with E-state index in [9.17, 15) is 0 Å². The van der Waals surface area contributed by atoms with Gasteiger partial charge in [-0.15, -0.1) is 0 Å². The Labute approximate surface area is 123 Å². The molecule has 102 valence electrons. The minimum atomic E-state index is -0.0642. The molecule has 0 aliphatic carbocycles. The lowest BCUT2D eigenvalue weighted by Gasteiger charge is -2.18. The van der Waals surface area contributed by atoms with Gasteiger partial charge in [-0.05, 0) is 23.8 Å². The first-order valence-corrected chi connectivity index (χ1v) is 6.64. The molecule has 1 unspecified atom stereocenters. The van der Waals surface area contributed by atoms with E-state index in [-0.39, 0.29) is 6.04 Å². The minimum absolute atomic E-state index is 0.0642. The maximum absolute atomic E-state index is 8.98. The maximum atomic E-state index is 8.98. The van der Waals surface area contributed by atoms with Crippen molar-refractivity contribution >= 4 is 17.3 Å². The summed E-state index contributed by atoms with van der Waals surface area (Å²) in [5, 5.41) is 12.8. The Morgan fingerprint density at radius 1 is 1.25 bits per heavy atom. The van der Waals surface area contributed by atoms with Crippen molar-refractivity contribution in [1.29, 1.82) is 5.26 Å². The van der Waals surface area contributed by atoms with Gasteiger partial charge in [-0.3, -0.25) is 0 Å². The molecule has 2 rings (SSSR count). The smallest absolute Gasteiger partial charge is 0.137 e. The summed E-state index contributed by atoms with van der Waals surface area (Å²) in [6.07, 6.45) is 0.383. The molecule has 3 nitrogen and oxygen atoms in total. The Kier molecular flexibility index (Phi) is 4.86. The molecule has 0 bridgehead atoms. The van der Waals surface area contributed by atoms with Crippen LogP contribution in [0.15, 0.2) is 48.5 Å². The highest BCUT2D eigenvalue weighted by molar-refractivity contribution is 6.32. The lowest BCUT2D eigenvalue weighted by Crippen LogP contribution is -2.10. The summed E-state index contributed by atoms with van der Waals surface area (Å²) in [7, 11) is 1.58. The zero-order chi connectivity index (χ0) is 14.4. The van der Waals surface area contributed by atoms with Gasteiger partial charge in [0.05, 0.1) is 30.7 Å². The normalized spacial score (nSPS) is 11.4. The fourth-order valence-corrected chi connectivity index (χ4v) is 2.24. The molecule has 0 fully saturated rings. The van der Waals surface area contributed by atoms with Crippen molar-refractivity contribution < 1.29 is 4.74 Å². The third-order valence-corrected chi connectivity index (χ3v) is 3.29. The molecule has 0 saturated heterocycles. The first-order valence-electron chi connectivity index (χ1n) is 6.26. The van der Waals surface area contributed by atoms with Crippen molar-refractivity contribution in [3.05, 3.63) is 59.1 Å². The Morgan fingerprint density at radius 2 is 2.00 bits per heavy atom. The molecule has 4 heteroatoms. The number of rotatable bonds is 5. The third-order valence-electron chi connectivity index (χ3n) is 2.99. The van der Waals surface area contributed by atoms with Gasteiger partial charge >= 0.3 is 0 Å². The van der Waals surface area contributed by atoms with E-state index in [2.05, 4.69) is 11.4 Å². The summed E-state index contributed by atoms with van der Waals surface area (Å²) in [6.45, 7) is 0. The van der Waals surface area contributed by atoms with E-state index in [0.29, 0.717) is 17.2 Å². The van der Waals surface area contributed by atoms with Gasteiger partial charge in [0.2, 0.25) is 0 Å². The summed E-state index contributed by atoms with van der Waals surface area (Å²) in [5.41, 5.74) is 1.93. The van der Waals surface area contributed by atoms with Crippen molar-refractivity contribution in [3.63, 3.8) is 0 Å². The van der Waals surface area contributed by atoms with Crippen LogP contribution in [0.1, 0.15) is 18.0 Å². The molecule has 1 N–H and O–H groups in total. The van der Waals surface area contributed by atoms with Crippen molar-refractivity contribution in [2.45, 2.75) is 12.5 Å². The highest BCUT2D eigenvalue weighted by atomic mass is 35.5. The number of ether oxygens (including phenoxy) is 1. The Morgan fingerprint density at radius 3 is 2.60 bits per heavy atom. The number of nitrogens with one attached hydrogen (secondary N) is 1. The van der Waals surface area contributed by atoms with E-state index in [0.717, 1.165) is 11.3 Å². The second-order valence-electron chi connectivity index (χ2n) is 4.32. The number of methoxy groups -OCH3 is 1. The molecule has 0 aromatic heterocycles. The van der Waals surface area contributed by atoms with Crippen LogP contribution in [0.3, 0.4) is 0 Å². The van der Waals surface area contributed by atoms with Crippen LogP contribution in [0.5, 0.6) is 5.75 Å². The fraction of sp³-hybridized carbons (Fsp3) is 0.188. The van der Waals surface area contributed by atoms with Gasteiger partial charge < -0.3 is 10.1 Å². The monoisotopic (exact) mass is 286 g/mol. The molecule has 1 atom stereocenters. The summed E-state index contributed by atoms with van der Waals surface area (Å²) in [4.78, 5) is 0. The Balaban J connectivity index is 2.21. The van der Waals surface area contributed by atoms with Crippen LogP contribution in [0.25, 0.3) is 0 Å². The van der Waals surface area contributed by atoms with E-state index in [1.165, 1.54) is 0 Å². The largest absolute Gasteiger partial charge is 0.495 e. The van der Waals surface area contributed by atoms with Crippen LogP contribution in [0, 0.1) is 11.3 Å². The van der Waals surface area contributed by atoms with Crippen molar-refractivity contribution in [2.24, 2.45) is 0 Å². The molecule has 2 aromatic carbocycles. The summed E-state index contributed by atoms with van der Waals surface area (Å²) >= 11 is 6.11. The highest BCUT2D eigenvalue weighted by Gasteiger charge is 2.11. The van der Waals surface area contributed by atoms with Gasteiger partial charge in [0.1, 0.15) is 5.75 Å². The molecule has 0 aliphatic rings. The third kappa shape index (κ3) is 3.43. The summed E-state index contributed by atoms with van der Waals surface area (Å²) < 4.78 is 5.13. The molecule has 0 saturated carbocycles. The van der Waals surface area contributed by atoms with Crippen LogP contribution in [0.2, 0.25) is 5.02 Å². The standard InChI is InChI=1S/C16H15ClN2O/c1-20-16-8-7-13(11-14(16)17)19-15(9-10-18)12-5-3-2-4-6-12/h2-8,11,15,19H,9H2,1H3. The van der Waals surface area contributed by atoms with E-state index < -0.39 is 0 Å². The molecule has 2 aromatic rings. The lowest BCUT2D eigenvalue weighted by atomic mass is 10.0. The molecule has 20 heavy (non-hydrogen) atoms. The summed E-state index contributed by atoms with van der Waals surface area (Å²) in [5.74, 6) is 0.633. The first-order chi connectivity index (χ1) is 9.74. The predicted octanol–water partition coefficient (Wildman–Crippen LogP) is 4.42. The Hall–Kier alpha value is -2.18. The fourth-order valence-electron chi connectivity index (χ4n) is 1.99. The van der Waals surface area contributed by atoms with E-state index in [4.69, 9.17) is 21.6 Å². The molecule has 0 spiro atoms. The van der Waals surface area contributed by atoms with Gasteiger partial charge in [-0.1, -0.05) is 41.9 Å².